The van der Waals surface area contributed by atoms with Gasteiger partial charge in [0.25, 0.3) is 0 Å². The Balaban J connectivity index is 1.93. The SMILES string of the molecule is CS(=O)(=O)Cc1nc(CC2CCCNC2)no1. The quantitative estimate of drug-likeness (QED) is 0.829. The molecular formula is C10H17N3O3S. The maximum Gasteiger partial charge on any atom is 0.241 e. The van der Waals surface area contributed by atoms with E-state index in [4.69, 9.17) is 4.52 Å². The predicted octanol–water partition coefficient (Wildman–Crippen LogP) is 0.156. The maximum atomic E-state index is 11.1. The van der Waals surface area contributed by atoms with E-state index in [0.717, 1.165) is 32.2 Å². The molecule has 2 heterocycles. The molecule has 0 radical (unpaired) electrons. The van der Waals surface area contributed by atoms with Crippen LogP contribution in [0.25, 0.3) is 0 Å². The molecule has 6 nitrogen and oxygen atoms in total. The lowest BCUT2D eigenvalue weighted by atomic mass is 9.96. The van der Waals surface area contributed by atoms with Crippen LogP contribution in [-0.2, 0) is 22.0 Å². The second-order valence-corrected chi connectivity index (χ2v) is 6.73. The first-order valence-electron chi connectivity index (χ1n) is 5.73. The van der Waals surface area contributed by atoms with Gasteiger partial charge >= 0.3 is 0 Å². The Labute approximate surface area is 101 Å². The summed E-state index contributed by atoms with van der Waals surface area (Å²) in [6, 6.07) is 0. The zero-order chi connectivity index (χ0) is 12.3. The lowest BCUT2D eigenvalue weighted by Crippen LogP contribution is -2.31. The fraction of sp³-hybridized carbons (Fsp3) is 0.800. The molecule has 0 aromatic carbocycles. The predicted molar refractivity (Wildman–Crippen MR) is 62.1 cm³/mol. The lowest BCUT2D eigenvalue weighted by molar-refractivity contribution is 0.352. The summed E-state index contributed by atoms with van der Waals surface area (Å²) in [6.45, 7) is 2.04. The van der Waals surface area contributed by atoms with E-state index in [1.165, 1.54) is 6.42 Å². The molecule has 0 bridgehead atoms. The van der Waals surface area contributed by atoms with Gasteiger partial charge in [-0.3, -0.25) is 0 Å². The van der Waals surface area contributed by atoms with Crippen molar-refractivity contribution in [3.05, 3.63) is 11.7 Å². The molecule has 0 aliphatic carbocycles. The topological polar surface area (TPSA) is 85.1 Å². The first-order chi connectivity index (χ1) is 8.03. The Hall–Kier alpha value is -0.950. The fourth-order valence-electron chi connectivity index (χ4n) is 2.01. The van der Waals surface area contributed by atoms with Crippen LogP contribution in [0.3, 0.4) is 0 Å². The van der Waals surface area contributed by atoms with Crippen LogP contribution in [0.4, 0.5) is 0 Å². The van der Waals surface area contributed by atoms with Gasteiger partial charge in [0.2, 0.25) is 5.89 Å². The largest absolute Gasteiger partial charge is 0.338 e. The third kappa shape index (κ3) is 4.08. The van der Waals surface area contributed by atoms with Crippen molar-refractivity contribution < 1.29 is 12.9 Å². The Morgan fingerprint density at radius 1 is 1.53 bits per heavy atom. The van der Waals surface area contributed by atoms with Gasteiger partial charge in [-0.25, -0.2) is 8.42 Å². The maximum absolute atomic E-state index is 11.1. The summed E-state index contributed by atoms with van der Waals surface area (Å²) < 4.78 is 27.0. The van der Waals surface area contributed by atoms with Crippen molar-refractivity contribution in [3.8, 4) is 0 Å². The van der Waals surface area contributed by atoms with Crippen LogP contribution in [0, 0.1) is 5.92 Å². The molecule has 1 N–H and O–H groups in total. The van der Waals surface area contributed by atoms with E-state index in [1.807, 2.05) is 0 Å². The molecule has 1 aliphatic heterocycles. The molecule has 96 valence electrons. The van der Waals surface area contributed by atoms with Gasteiger partial charge in [0.15, 0.2) is 15.7 Å². The molecule has 0 saturated carbocycles. The van der Waals surface area contributed by atoms with Crippen molar-refractivity contribution in [1.82, 2.24) is 15.5 Å². The molecule has 2 rings (SSSR count). The third-order valence-corrected chi connectivity index (χ3v) is 3.54. The number of sulfone groups is 1. The van der Waals surface area contributed by atoms with Crippen LogP contribution >= 0.6 is 0 Å². The van der Waals surface area contributed by atoms with Gasteiger partial charge in [-0.1, -0.05) is 5.16 Å². The van der Waals surface area contributed by atoms with Crippen LogP contribution in [0.5, 0.6) is 0 Å². The number of hydrogen-bond donors (Lipinski definition) is 1. The van der Waals surface area contributed by atoms with Gasteiger partial charge in [-0.2, -0.15) is 4.98 Å². The van der Waals surface area contributed by atoms with E-state index in [-0.39, 0.29) is 11.6 Å². The molecule has 1 aliphatic rings. The average molecular weight is 259 g/mol. The minimum absolute atomic E-state index is 0.178. The Morgan fingerprint density at radius 3 is 3.00 bits per heavy atom. The first-order valence-corrected chi connectivity index (χ1v) is 7.79. The van der Waals surface area contributed by atoms with Crippen LogP contribution in [0.15, 0.2) is 4.52 Å². The van der Waals surface area contributed by atoms with Gasteiger partial charge in [0.05, 0.1) is 0 Å². The Morgan fingerprint density at radius 2 is 2.35 bits per heavy atom. The van der Waals surface area contributed by atoms with Crippen molar-refractivity contribution in [3.63, 3.8) is 0 Å². The van der Waals surface area contributed by atoms with E-state index in [9.17, 15) is 8.42 Å². The summed E-state index contributed by atoms with van der Waals surface area (Å²) in [5.74, 6) is 1.14. The highest BCUT2D eigenvalue weighted by Crippen LogP contribution is 2.15. The highest BCUT2D eigenvalue weighted by molar-refractivity contribution is 7.89. The molecule has 1 aromatic heterocycles. The van der Waals surface area contributed by atoms with Crippen molar-refractivity contribution in [2.24, 2.45) is 5.92 Å². The fourth-order valence-corrected chi connectivity index (χ4v) is 2.58. The molecule has 1 fully saturated rings. The molecule has 1 unspecified atom stereocenters. The minimum Gasteiger partial charge on any atom is -0.338 e. The van der Waals surface area contributed by atoms with E-state index < -0.39 is 9.84 Å². The smallest absolute Gasteiger partial charge is 0.241 e. The number of nitrogens with zero attached hydrogens (tertiary/aromatic N) is 2. The van der Waals surface area contributed by atoms with E-state index in [2.05, 4.69) is 15.5 Å². The van der Waals surface area contributed by atoms with E-state index in [1.54, 1.807) is 0 Å². The summed E-state index contributed by atoms with van der Waals surface area (Å²) in [7, 11) is -3.11. The van der Waals surface area contributed by atoms with Crippen molar-refractivity contribution >= 4 is 9.84 Å². The van der Waals surface area contributed by atoms with Crippen molar-refractivity contribution in [2.75, 3.05) is 19.3 Å². The van der Waals surface area contributed by atoms with Crippen molar-refractivity contribution in [1.29, 1.82) is 0 Å². The van der Waals surface area contributed by atoms with E-state index in [0.29, 0.717) is 11.7 Å². The monoisotopic (exact) mass is 259 g/mol. The lowest BCUT2D eigenvalue weighted by Gasteiger charge is -2.20. The Bertz CT molecular complexity index is 463. The zero-order valence-corrected chi connectivity index (χ0v) is 10.7. The van der Waals surface area contributed by atoms with Gasteiger partial charge < -0.3 is 9.84 Å². The highest BCUT2D eigenvalue weighted by atomic mass is 32.2. The second kappa shape index (κ2) is 5.14. The van der Waals surface area contributed by atoms with Crippen LogP contribution < -0.4 is 5.32 Å². The molecule has 1 aromatic rings. The van der Waals surface area contributed by atoms with Crippen LogP contribution in [0.1, 0.15) is 24.6 Å². The third-order valence-electron chi connectivity index (χ3n) is 2.77. The van der Waals surface area contributed by atoms with Crippen LogP contribution in [-0.4, -0.2) is 37.9 Å². The van der Waals surface area contributed by atoms with Crippen LogP contribution in [0.2, 0.25) is 0 Å². The van der Waals surface area contributed by atoms with Gasteiger partial charge in [0, 0.05) is 12.7 Å². The molecular weight excluding hydrogens is 242 g/mol. The summed E-state index contributed by atoms with van der Waals surface area (Å²) in [6.07, 6.45) is 4.23. The van der Waals surface area contributed by atoms with E-state index >= 15 is 0 Å². The zero-order valence-electron chi connectivity index (χ0n) is 9.85. The molecule has 1 atom stereocenters. The summed E-state index contributed by atoms with van der Waals surface area (Å²) >= 11 is 0. The molecule has 0 amide bonds. The molecule has 17 heavy (non-hydrogen) atoms. The standard InChI is InChI=1S/C10H17N3O3S/c1-17(14,15)7-10-12-9(13-16-10)5-8-3-2-4-11-6-8/h8,11H,2-7H2,1H3. The molecule has 0 spiro atoms. The summed E-state index contributed by atoms with van der Waals surface area (Å²) in [5.41, 5.74) is 0. The van der Waals surface area contributed by atoms with Gasteiger partial charge in [-0.05, 0) is 31.8 Å². The minimum atomic E-state index is -3.11. The molecule has 1 saturated heterocycles. The Kier molecular flexibility index (Phi) is 3.78. The summed E-state index contributed by atoms with van der Waals surface area (Å²) in [4.78, 5) is 4.10. The number of nitrogens with one attached hydrogen (secondary N) is 1. The average Bonchev–Trinajstić information content (AvgIpc) is 2.64. The number of hydrogen-bond acceptors (Lipinski definition) is 6. The second-order valence-electron chi connectivity index (χ2n) is 4.59. The normalized spacial score (nSPS) is 21.6. The highest BCUT2D eigenvalue weighted by Gasteiger charge is 2.18. The number of piperidine rings is 1. The van der Waals surface area contributed by atoms with Gasteiger partial charge in [0.1, 0.15) is 5.75 Å². The number of aromatic nitrogens is 2. The first kappa shape index (κ1) is 12.5. The van der Waals surface area contributed by atoms with Crippen molar-refractivity contribution in [2.45, 2.75) is 25.0 Å². The summed E-state index contributed by atoms with van der Waals surface area (Å²) in [5, 5.41) is 7.13. The van der Waals surface area contributed by atoms with Gasteiger partial charge in [-0.15, -0.1) is 0 Å². The number of rotatable bonds is 4. The molecule has 7 heteroatoms.